The Morgan fingerprint density at radius 3 is 2.25 bits per heavy atom. The Morgan fingerprint density at radius 2 is 1.59 bits per heavy atom. The Balaban J connectivity index is 1.59. The van der Waals surface area contributed by atoms with E-state index in [-0.39, 0.29) is 16.9 Å². The number of fused-ring (bicyclic) bond motifs is 1. The van der Waals surface area contributed by atoms with Gasteiger partial charge in [0, 0.05) is 32.1 Å². The van der Waals surface area contributed by atoms with Gasteiger partial charge in [-0.2, -0.15) is 0 Å². The second-order valence-corrected chi connectivity index (χ2v) is 9.57. The zero-order chi connectivity index (χ0) is 23.6. The van der Waals surface area contributed by atoms with Crippen LogP contribution in [0.4, 0.5) is 5.69 Å². The first-order valence-electron chi connectivity index (χ1n) is 12.2. The lowest BCUT2D eigenvalue weighted by molar-refractivity contribution is -0.154. The molecule has 0 aliphatic rings. The summed E-state index contributed by atoms with van der Waals surface area (Å²) in [4.78, 5) is 26.4. The van der Waals surface area contributed by atoms with Crippen molar-refractivity contribution >= 4 is 22.6 Å². The first-order valence-corrected chi connectivity index (χ1v) is 12.2. The first kappa shape index (κ1) is 26.0. The molecule has 0 radical (unpaired) electrons. The van der Waals surface area contributed by atoms with Crippen molar-refractivity contribution in [3.05, 3.63) is 40.7 Å². The number of rotatable bonds is 14. The lowest BCUT2D eigenvalue weighted by atomic mass is 9.91. The molecule has 0 unspecified atom stereocenters. The number of aromatic nitrogens is 1. The molecule has 2 aromatic rings. The predicted molar refractivity (Wildman–Crippen MR) is 134 cm³/mol. The van der Waals surface area contributed by atoms with Crippen molar-refractivity contribution in [3.8, 4) is 0 Å². The minimum absolute atomic E-state index is 0.0365. The number of carbonyl (C=O) groups is 1. The average Bonchev–Trinajstić information content (AvgIpc) is 2.79. The molecule has 5 nitrogen and oxygen atoms in total. The van der Waals surface area contributed by atoms with Gasteiger partial charge in [0.15, 0.2) is 0 Å². The van der Waals surface area contributed by atoms with Crippen LogP contribution in [0.2, 0.25) is 0 Å². The number of carbonyl (C=O) groups excluding carboxylic acids is 1. The fourth-order valence-electron chi connectivity index (χ4n) is 3.85. The summed E-state index contributed by atoms with van der Waals surface area (Å²) in [7, 11) is 3.91. The topological polar surface area (TPSA) is 51.5 Å². The molecule has 0 fully saturated rings. The standard InChI is InChI=1S/C27H42N2O3/c1-6-27(2,3)26(31)32-20-16-12-10-8-7-9-11-15-19-28(4)24-21-25(30)29(5)23-18-14-13-17-22(23)24/h13-14,17-18,21H,6-12,15-16,19-20H2,1-5H3. The molecule has 32 heavy (non-hydrogen) atoms. The van der Waals surface area contributed by atoms with E-state index in [1.54, 1.807) is 10.6 Å². The number of nitrogens with zero attached hydrogens (tertiary/aromatic N) is 2. The van der Waals surface area contributed by atoms with Crippen LogP contribution >= 0.6 is 0 Å². The largest absolute Gasteiger partial charge is 0.465 e. The summed E-state index contributed by atoms with van der Waals surface area (Å²) in [6.07, 6.45) is 10.2. The fraction of sp³-hybridized carbons (Fsp3) is 0.630. The lowest BCUT2D eigenvalue weighted by Gasteiger charge is -2.22. The number of unbranched alkanes of at least 4 members (excludes halogenated alkanes) is 7. The van der Waals surface area contributed by atoms with Crippen molar-refractivity contribution in [2.45, 2.75) is 78.6 Å². The highest BCUT2D eigenvalue weighted by atomic mass is 16.5. The van der Waals surface area contributed by atoms with Crippen LogP contribution in [0.15, 0.2) is 35.1 Å². The van der Waals surface area contributed by atoms with Gasteiger partial charge in [-0.3, -0.25) is 9.59 Å². The summed E-state index contributed by atoms with van der Waals surface area (Å²) in [5, 5.41) is 1.13. The van der Waals surface area contributed by atoms with E-state index < -0.39 is 0 Å². The van der Waals surface area contributed by atoms with Crippen LogP contribution in [0.3, 0.4) is 0 Å². The van der Waals surface area contributed by atoms with Gasteiger partial charge in [0.2, 0.25) is 0 Å². The summed E-state index contributed by atoms with van der Waals surface area (Å²) >= 11 is 0. The molecule has 1 aromatic heterocycles. The molecule has 0 N–H and O–H groups in total. The van der Waals surface area contributed by atoms with Crippen molar-refractivity contribution in [1.82, 2.24) is 4.57 Å². The lowest BCUT2D eigenvalue weighted by Crippen LogP contribution is -2.26. The van der Waals surface area contributed by atoms with Gasteiger partial charge in [0.1, 0.15) is 0 Å². The van der Waals surface area contributed by atoms with Crippen LogP contribution in [0, 0.1) is 5.41 Å². The number of para-hydroxylation sites is 1. The van der Waals surface area contributed by atoms with Gasteiger partial charge < -0.3 is 14.2 Å². The van der Waals surface area contributed by atoms with Gasteiger partial charge in [0.25, 0.3) is 5.56 Å². The summed E-state index contributed by atoms with van der Waals surface area (Å²) in [6, 6.07) is 9.85. The Bertz CT molecular complexity index is 917. The first-order chi connectivity index (χ1) is 15.3. The minimum Gasteiger partial charge on any atom is -0.465 e. The van der Waals surface area contributed by atoms with Gasteiger partial charge in [0.05, 0.1) is 23.2 Å². The Hall–Kier alpha value is -2.30. The molecule has 0 atom stereocenters. The molecule has 2 rings (SSSR count). The summed E-state index contributed by atoms with van der Waals surface area (Å²) < 4.78 is 7.10. The Kier molecular flexibility index (Phi) is 10.3. The van der Waals surface area contributed by atoms with E-state index in [1.165, 1.54) is 32.1 Å². The van der Waals surface area contributed by atoms with E-state index in [0.29, 0.717) is 6.61 Å². The van der Waals surface area contributed by atoms with Crippen molar-refractivity contribution < 1.29 is 9.53 Å². The number of esters is 1. The number of pyridine rings is 1. The van der Waals surface area contributed by atoms with E-state index in [4.69, 9.17) is 4.74 Å². The molecule has 178 valence electrons. The fourth-order valence-corrected chi connectivity index (χ4v) is 3.85. The number of benzene rings is 1. The van der Waals surface area contributed by atoms with Crippen LogP contribution in [0.25, 0.3) is 10.9 Å². The maximum Gasteiger partial charge on any atom is 0.311 e. The maximum absolute atomic E-state index is 12.3. The molecular formula is C27H42N2O3. The Labute approximate surface area is 193 Å². The highest BCUT2D eigenvalue weighted by Crippen LogP contribution is 2.24. The third-order valence-electron chi connectivity index (χ3n) is 6.60. The zero-order valence-corrected chi connectivity index (χ0v) is 20.8. The average molecular weight is 443 g/mol. The molecule has 1 heterocycles. The molecule has 0 spiro atoms. The molecule has 0 saturated heterocycles. The summed E-state index contributed by atoms with van der Waals surface area (Å²) in [5.41, 5.74) is 1.67. The minimum atomic E-state index is -0.364. The van der Waals surface area contributed by atoms with Crippen molar-refractivity contribution in [2.75, 3.05) is 25.1 Å². The van der Waals surface area contributed by atoms with Crippen molar-refractivity contribution in [3.63, 3.8) is 0 Å². The van der Waals surface area contributed by atoms with E-state index in [0.717, 1.165) is 48.8 Å². The van der Waals surface area contributed by atoms with Crippen LogP contribution in [-0.2, 0) is 16.6 Å². The van der Waals surface area contributed by atoms with Crippen LogP contribution in [0.1, 0.15) is 78.6 Å². The molecule has 1 aromatic carbocycles. The monoisotopic (exact) mass is 442 g/mol. The van der Waals surface area contributed by atoms with Crippen LogP contribution in [-0.4, -0.2) is 30.7 Å². The third kappa shape index (κ3) is 7.39. The molecule has 0 aliphatic carbocycles. The molecule has 0 aliphatic heterocycles. The van der Waals surface area contributed by atoms with Gasteiger partial charge in [-0.05, 0) is 39.2 Å². The molecule has 0 saturated carbocycles. The normalized spacial score (nSPS) is 11.7. The quantitative estimate of drug-likeness (QED) is 0.263. The van der Waals surface area contributed by atoms with Crippen molar-refractivity contribution in [1.29, 1.82) is 0 Å². The predicted octanol–water partition coefficient (Wildman–Crippen LogP) is 6.07. The number of ether oxygens (including phenoxy) is 1. The van der Waals surface area contributed by atoms with Crippen molar-refractivity contribution in [2.24, 2.45) is 12.5 Å². The van der Waals surface area contributed by atoms with Gasteiger partial charge in [-0.15, -0.1) is 0 Å². The third-order valence-corrected chi connectivity index (χ3v) is 6.60. The SMILES string of the molecule is CCC(C)(C)C(=O)OCCCCCCCCCCN(C)c1cc(=O)n(C)c2ccccc12. The zero-order valence-electron chi connectivity index (χ0n) is 20.8. The van der Waals surface area contributed by atoms with Crippen LogP contribution < -0.4 is 10.5 Å². The number of hydrogen-bond donors (Lipinski definition) is 0. The highest BCUT2D eigenvalue weighted by Gasteiger charge is 2.26. The van der Waals surface area contributed by atoms with E-state index in [2.05, 4.69) is 18.0 Å². The van der Waals surface area contributed by atoms with E-state index in [1.807, 2.05) is 46.0 Å². The second-order valence-electron chi connectivity index (χ2n) is 9.57. The van der Waals surface area contributed by atoms with Crippen LogP contribution in [0.5, 0.6) is 0 Å². The van der Waals surface area contributed by atoms with Gasteiger partial charge >= 0.3 is 5.97 Å². The van der Waals surface area contributed by atoms with Gasteiger partial charge in [-0.1, -0.05) is 63.6 Å². The second kappa shape index (κ2) is 12.7. The summed E-state index contributed by atoms with van der Waals surface area (Å²) in [6.45, 7) is 7.40. The van der Waals surface area contributed by atoms with E-state index in [9.17, 15) is 9.59 Å². The van der Waals surface area contributed by atoms with E-state index >= 15 is 0 Å². The smallest absolute Gasteiger partial charge is 0.311 e. The highest BCUT2D eigenvalue weighted by molar-refractivity contribution is 5.91. The molecule has 5 heteroatoms. The molecular weight excluding hydrogens is 400 g/mol. The van der Waals surface area contributed by atoms with Gasteiger partial charge in [-0.25, -0.2) is 0 Å². The Morgan fingerprint density at radius 1 is 1.00 bits per heavy atom. The molecule has 0 amide bonds. The number of anilines is 1. The number of aryl methyl sites for hydroxylation is 1. The molecule has 0 bridgehead atoms. The maximum atomic E-state index is 12.3. The number of hydrogen-bond acceptors (Lipinski definition) is 4. The summed E-state index contributed by atoms with van der Waals surface area (Å²) in [5.74, 6) is -0.0752.